The molecule has 0 radical (unpaired) electrons. The predicted octanol–water partition coefficient (Wildman–Crippen LogP) is 1.74. The second-order valence-corrected chi connectivity index (χ2v) is 6.11. The fraction of sp³-hybridized carbons (Fsp3) is 0.500. The fourth-order valence-electron chi connectivity index (χ4n) is 1.88. The highest BCUT2D eigenvalue weighted by atomic mass is 16.2. The molecule has 4 N–H and O–H groups in total. The molecule has 1 atom stereocenters. The van der Waals surface area contributed by atoms with Crippen molar-refractivity contribution in [3.05, 3.63) is 35.4 Å². The molecule has 0 aliphatic heterocycles. The number of aryl methyl sites for hydroxylation is 1. The maximum Gasteiger partial charge on any atom is 0.315 e. The third kappa shape index (κ3) is 5.45. The number of rotatable bonds is 6. The monoisotopic (exact) mass is 291 g/mol. The second kappa shape index (κ2) is 7.11. The molecule has 0 aliphatic carbocycles. The first-order chi connectivity index (χ1) is 9.72. The van der Waals surface area contributed by atoms with E-state index in [2.05, 4.69) is 29.7 Å². The largest absolute Gasteiger partial charge is 0.369 e. The number of amides is 3. The van der Waals surface area contributed by atoms with Gasteiger partial charge < -0.3 is 16.4 Å². The molecule has 21 heavy (non-hydrogen) atoms. The Balaban J connectivity index is 2.45. The number of benzene rings is 1. The van der Waals surface area contributed by atoms with Gasteiger partial charge in [0.15, 0.2) is 0 Å². The maximum atomic E-state index is 11.8. The van der Waals surface area contributed by atoms with Crippen LogP contribution in [0.25, 0.3) is 0 Å². The minimum Gasteiger partial charge on any atom is -0.369 e. The summed E-state index contributed by atoms with van der Waals surface area (Å²) < 4.78 is 0. The van der Waals surface area contributed by atoms with E-state index in [0.717, 1.165) is 6.42 Å². The molecule has 0 aromatic heterocycles. The first-order valence-electron chi connectivity index (χ1n) is 7.11. The molecule has 0 unspecified atom stereocenters. The Kier molecular flexibility index (Phi) is 5.76. The van der Waals surface area contributed by atoms with Gasteiger partial charge in [0, 0.05) is 12.6 Å². The zero-order valence-electron chi connectivity index (χ0n) is 13.2. The van der Waals surface area contributed by atoms with Crippen LogP contribution >= 0.6 is 0 Å². The summed E-state index contributed by atoms with van der Waals surface area (Å²) in [5.74, 6) is -0.434. The van der Waals surface area contributed by atoms with E-state index in [1.807, 2.05) is 19.1 Å². The molecule has 0 bridgehead atoms. The molecule has 1 aromatic carbocycles. The molecule has 5 heteroatoms. The number of carbonyl (C=O) groups excluding carboxylic acids is 2. The number of urea groups is 1. The summed E-state index contributed by atoms with van der Waals surface area (Å²) in [4.78, 5) is 23.0. The van der Waals surface area contributed by atoms with Gasteiger partial charge in [0.25, 0.3) is 0 Å². The van der Waals surface area contributed by atoms with Crippen LogP contribution < -0.4 is 16.4 Å². The summed E-state index contributed by atoms with van der Waals surface area (Å²) >= 11 is 0. The number of hydrogen-bond donors (Lipinski definition) is 3. The van der Waals surface area contributed by atoms with Crippen LogP contribution in [0.1, 0.15) is 31.9 Å². The summed E-state index contributed by atoms with van der Waals surface area (Å²) in [6.45, 7) is 7.62. The highest BCUT2D eigenvalue weighted by molar-refractivity contribution is 5.81. The first-order valence-corrected chi connectivity index (χ1v) is 7.11. The van der Waals surface area contributed by atoms with Crippen LogP contribution in [0, 0.1) is 12.3 Å². The Morgan fingerprint density at radius 3 is 2.48 bits per heavy atom. The van der Waals surface area contributed by atoms with Crippen molar-refractivity contribution in [3.63, 3.8) is 0 Å². The minimum atomic E-state index is -0.753. The third-order valence-electron chi connectivity index (χ3n) is 3.52. The molecule has 0 heterocycles. The van der Waals surface area contributed by atoms with Crippen molar-refractivity contribution >= 4 is 11.9 Å². The van der Waals surface area contributed by atoms with E-state index in [1.54, 1.807) is 13.8 Å². The van der Waals surface area contributed by atoms with Crippen LogP contribution in [0.3, 0.4) is 0 Å². The average molecular weight is 291 g/mol. The lowest BCUT2D eigenvalue weighted by Crippen LogP contribution is -2.47. The van der Waals surface area contributed by atoms with Gasteiger partial charge >= 0.3 is 6.03 Å². The Bertz CT molecular complexity index is 512. The molecule has 1 rings (SSSR count). The lowest BCUT2D eigenvalue weighted by Gasteiger charge is -2.22. The maximum absolute atomic E-state index is 11.8. The SMILES string of the molecule is Cc1ccccc1C[C@H](C)NC(=O)NCC(C)(C)C(N)=O. The molecular formula is C16H25N3O2. The van der Waals surface area contributed by atoms with E-state index >= 15 is 0 Å². The molecule has 0 spiro atoms. The van der Waals surface area contributed by atoms with Crippen LogP contribution in [0.5, 0.6) is 0 Å². The molecule has 116 valence electrons. The number of nitrogens with one attached hydrogen (secondary N) is 2. The lowest BCUT2D eigenvalue weighted by molar-refractivity contribution is -0.125. The van der Waals surface area contributed by atoms with Gasteiger partial charge in [-0.3, -0.25) is 4.79 Å². The van der Waals surface area contributed by atoms with Crippen LogP contribution in [-0.4, -0.2) is 24.5 Å². The van der Waals surface area contributed by atoms with Gasteiger partial charge in [0.05, 0.1) is 5.41 Å². The van der Waals surface area contributed by atoms with Gasteiger partial charge in [-0.25, -0.2) is 4.79 Å². The van der Waals surface area contributed by atoms with E-state index in [0.29, 0.717) is 0 Å². The van der Waals surface area contributed by atoms with Crippen LogP contribution in [0.15, 0.2) is 24.3 Å². The number of nitrogens with two attached hydrogens (primary N) is 1. The van der Waals surface area contributed by atoms with Crippen molar-refractivity contribution < 1.29 is 9.59 Å². The molecule has 0 fully saturated rings. The van der Waals surface area contributed by atoms with Gasteiger partial charge in [-0.2, -0.15) is 0 Å². The summed E-state index contributed by atoms with van der Waals surface area (Å²) in [7, 11) is 0. The molecule has 1 aromatic rings. The van der Waals surface area contributed by atoms with Crippen molar-refractivity contribution in [1.82, 2.24) is 10.6 Å². The normalized spacial score (nSPS) is 12.6. The van der Waals surface area contributed by atoms with Gasteiger partial charge in [-0.15, -0.1) is 0 Å². The topological polar surface area (TPSA) is 84.2 Å². The van der Waals surface area contributed by atoms with Crippen LogP contribution in [0.2, 0.25) is 0 Å². The standard InChI is InChI=1S/C16H25N3O2/c1-11-7-5-6-8-13(11)9-12(2)19-15(21)18-10-16(3,4)14(17)20/h5-8,12H,9-10H2,1-4H3,(H2,17,20)(H2,18,19,21)/t12-/m0/s1. The Morgan fingerprint density at radius 1 is 1.29 bits per heavy atom. The molecule has 0 saturated carbocycles. The van der Waals surface area contributed by atoms with Gasteiger partial charge in [0.2, 0.25) is 5.91 Å². The van der Waals surface area contributed by atoms with Gasteiger partial charge in [0.1, 0.15) is 0 Å². The lowest BCUT2D eigenvalue weighted by atomic mass is 9.93. The molecule has 3 amide bonds. The van der Waals surface area contributed by atoms with E-state index < -0.39 is 11.3 Å². The van der Waals surface area contributed by atoms with Gasteiger partial charge in [-0.1, -0.05) is 24.3 Å². The number of carbonyl (C=O) groups is 2. The van der Waals surface area contributed by atoms with Crippen LogP contribution in [0.4, 0.5) is 4.79 Å². The van der Waals surface area contributed by atoms with E-state index in [4.69, 9.17) is 5.73 Å². The smallest absolute Gasteiger partial charge is 0.315 e. The van der Waals surface area contributed by atoms with E-state index in [-0.39, 0.29) is 18.6 Å². The van der Waals surface area contributed by atoms with E-state index in [1.165, 1.54) is 11.1 Å². The van der Waals surface area contributed by atoms with Crippen molar-refractivity contribution in [2.24, 2.45) is 11.1 Å². The first kappa shape index (κ1) is 17.0. The highest BCUT2D eigenvalue weighted by Gasteiger charge is 2.25. The van der Waals surface area contributed by atoms with Crippen molar-refractivity contribution in [2.45, 2.75) is 40.2 Å². The minimum absolute atomic E-state index is 0.00258. The Hall–Kier alpha value is -2.04. The number of hydrogen-bond acceptors (Lipinski definition) is 2. The molecule has 0 aliphatic rings. The fourth-order valence-corrected chi connectivity index (χ4v) is 1.88. The van der Waals surface area contributed by atoms with Gasteiger partial charge in [-0.05, 0) is 45.2 Å². The third-order valence-corrected chi connectivity index (χ3v) is 3.52. The predicted molar refractivity (Wildman–Crippen MR) is 83.9 cm³/mol. The zero-order valence-corrected chi connectivity index (χ0v) is 13.2. The van der Waals surface area contributed by atoms with Crippen molar-refractivity contribution in [2.75, 3.05) is 6.54 Å². The molecule has 5 nitrogen and oxygen atoms in total. The van der Waals surface area contributed by atoms with E-state index in [9.17, 15) is 9.59 Å². The molecule has 0 saturated heterocycles. The summed E-state index contributed by atoms with van der Waals surface area (Å²) in [5.41, 5.74) is 6.93. The second-order valence-electron chi connectivity index (χ2n) is 6.11. The van der Waals surface area contributed by atoms with Crippen LogP contribution in [-0.2, 0) is 11.2 Å². The Labute approximate surface area is 126 Å². The Morgan fingerprint density at radius 2 is 1.90 bits per heavy atom. The number of primary amides is 1. The molecular weight excluding hydrogens is 266 g/mol. The summed E-state index contributed by atoms with van der Waals surface area (Å²) in [6, 6.07) is 7.81. The highest BCUT2D eigenvalue weighted by Crippen LogP contribution is 2.12. The zero-order chi connectivity index (χ0) is 16.0. The summed E-state index contributed by atoms with van der Waals surface area (Å²) in [6.07, 6.45) is 0.763. The van der Waals surface area contributed by atoms with Crippen molar-refractivity contribution in [1.29, 1.82) is 0 Å². The summed E-state index contributed by atoms with van der Waals surface area (Å²) in [5, 5.41) is 5.55. The van der Waals surface area contributed by atoms with Crippen molar-refractivity contribution in [3.8, 4) is 0 Å². The average Bonchev–Trinajstić information content (AvgIpc) is 2.39. The quantitative estimate of drug-likeness (QED) is 0.746.